The average molecular weight is 386 g/mol. The minimum absolute atomic E-state index is 0.170. The number of morpholine rings is 1. The number of carbonyl (C=O) groups excluding carboxylic acids is 2. The fourth-order valence-corrected chi connectivity index (χ4v) is 3.15. The highest BCUT2D eigenvalue weighted by Crippen LogP contribution is 2.18. The standard InChI is InChI=1S/C20H26N4O4/c1-13-10-24(11-14(2)28-13)18-5-4-16(8-21-18)9-22-19(25)15(3)23-20(26)17-6-7-27-12-17/h4-8,12-15H,9-11H2,1-3H3,(H,22,25)(H,23,26)/t13-,14+,15-/m1/s1. The van der Waals surface area contributed by atoms with Crippen LogP contribution in [0, 0.1) is 0 Å². The van der Waals surface area contributed by atoms with Crippen molar-refractivity contribution in [3.05, 3.63) is 48.0 Å². The maximum absolute atomic E-state index is 12.2. The van der Waals surface area contributed by atoms with E-state index in [1.807, 2.05) is 12.1 Å². The van der Waals surface area contributed by atoms with E-state index in [2.05, 4.69) is 34.4 Å². The molecule has 1 aliphatic heterocycles. The number of hydrogen-bond acceptors (Lipinski definition) is 6. The second-order valence-electron chi connectivity index (χ2n) is 7.11. The predicted octanol–water partition coefficient (Wildman–Crippen LogP) is 1.72. The van der Waals surface area contributed by atoms with Gasteiger partial charge in [-0.25, -0.2) is 4.98 Å². The van der Waals surface area contributed by atoms with E-state index in [0.717, 1.165) is 24.5 Å². The summed E-state index contributed by atoms with van der Waals surface area (Å²) in [6.45, 7) is 7.70. The van der Waals surface area contributed by atoms with E-state index in [1.165, 1.54) is 12.5 Å². The molecule has 0 bridgehead atoms. The molecule has 2 amide bonds. The van der Waals surface area contributed by atoms with Crippen LogP contribution in [0.5, 0.6) is 0 Å². The number of nitrogens with one attached hydrogen (secondary N) is 2. The maximum Gasteiger partial charge on any atom is 0.255 e. The number of carbonyl (C=O) groups is 2. The molecule has 0 saturated carbocycles. The second kappa shape index (κ2) is 8.88. The van der Waals surface area contributed by atoms with Gasteiger partial charge in [0.25, 0.3) is 5.91 Å². The summed E-state index contributed by atoms with van der Waals surface area (Å²) in [6.07, 6.45) is 4.85. The minimum atomic E-state index is -0.661. The highest BCUT2D eigenvalue weighted by molar-refractivity contribution is 5.97. The van der Waals surface area contributed by atoms with Gasteiger partial charge in [0, 0.05) is 25.8 Å². The molecule has 1 saturated heterocycles. The Bertz CT molecular complexity index is 781. The number of rotatable bonds is 6. The zero-order chi connectivity index (χ0) is 20.1. The van der Waals surface area contributed by atoms with Gasteiger partial charge in [0.15, 0.2) is 0 Å². The van der Waals surface area contributed by atoms with Crippen molar-refractivity contribution in [3.63, 3.8) is 0 Å². The van der Waals surface area contributed by atoms with Crippen molar-refractivity contribution in [1.29, 1.82) is 0 Å². The fraction of sp³-hybridized carbons (Fsp3) is 0.450. The Morgan fingerprint density at radius 2 is 2.00 bits per heavy atom. The van der Waals surface area contributed by atoms with Crippen LogP contribution in [0.15, 0.2) is 41.3 Å². The van der Waals surface area contributed by atoms with Crippen molar-refractivity contribution in [1.82, 2.24) is 15.6 Å². The number of furan rings is 1. The number of nitrogens with zero attached hydrogens (tertiary/aromatic N) is 2. The van der Waals surface area contributed by atoms with Crippen LogP contribution in [-0.2, 0) is 16.1 Å². The van der Waals surface area contributed by atoms with Gasteiger partial charge in [-0.3, -0.25) is 9.59 Å². The highest BCUT2D eigenvalue weighted by Gasteiger charge is 2.23. The summed E-state index contributed by atoms with van der Waals surface area (Å²) in [7, 11) is 0. The number of anilines is 1. The van der Waals surface area contributed by atoms with Gasteiger partial charge in [0.2, 0.25) is 5.91 Å². The van der Waals surface area contributed by atoms with Crippen molar-refractivity contribution in [2.24, 2.45) is 0 Å². The average Bonchev–Trinajstić information content (AvgIpc) is 3.20. The molecule has 8 nitrogen and oxygen atoms in total. The van der Waals surface area contributed by atoms with Crippen LogP contribution < -0.4 is 15.5 Å². The molecule has 2 aromatic rings. The van der Waals surface area contributed by atoms with Crippen LogP contribution in [0.2, 0.25) is 0 Å². The zero-order valence-electron chi connectivity index (χ0n) is 16.3. The molecular weight excluding hydrogens is 360 g/mol. The van der Waals surface area contributed by atoms with E-state index in [4.69, 9.17) is 9.15 Å². The lowest BCUT2D eigenvalue weighted by atomic mass is 10.2. The molecule has 150 valence electrons. The molecule has 0 spiro atoms. The Labute approximate surface area is 164 Å². The lowest BCUT2D eigenvalue weighted by molar-refractivity contribution is -0.122. The first-order valence-corrected chi connectivity index (χ1v) is 9.38. The zero-order valence-corrected chi connectivity index (χ0v) is 16.3. The van der Waals surface area contributed by atoms with Gasteiger partial charge in [-0.2, -0.15) is 0 Å². The summed E-state index contributed by atoms with van der Waals surface area (Å²) in [5.41, 5.74) is 1.27. The molecule has 1 aliphatic rings. The SMILES string of the molecule is C[C@@H]1CN(c2ccc(CNC(=O)[C@@H](C)NC(=O)c3ccoc3)cn2)C[C@H](C)O1. The van der Waals surface area contributed by atoms with Crippen LogP contribution in [-0.4, -0.2) is 48.1 Å². The monoisotopic (exact) mass is 386 g/mol. The summed E-state index contributed by atoms with van der Waals surface area (Å²) in [4.78, 5) is 30.9. The van der Waals surface area contributed by atoms with Crippen molar-refractivity contribution in [2.45, 2.75) is 45.6 Å². The summed E-state index contributed by atoms with van der Waals surface area (Å²) in [5, 5.41) is 5.45. The van der Waals surface area contributed by atoms with Crippen LogP contribution in [0.4, 0.5) is 5.82 Å². The van der Waals surface area contributed by atoms with E-state index in [0.29, 0.717) is 12.1 Å². The maximum atomic E-state index is 12.2. The molecule has 2 N–H and O–H groups in total. The molecule has 0 unspecified atom stereocenters. The molecule has 28 heavy (non-hydrogen) atoms. The van der Waals surface area contributed by atoms with Crippen molar-refractivity contribution >= 4 is 17.6 Å². The molecule has 0 radical (unpaired) electrons. The molecule has 0 aromatic carbocycles. The number of pyridine rings is 1. The number of amides is 2. The van der Waals surface area contributed by atoms with Crippen LogP contribution in [0.3, 0.4) is 0 Å². The van der Waals surface area contributed by atoms with Gasteiger partial charge in [0.1, 0.15) is 18.1 Å². The molecule has 3 rings (SSSR count). The molecule has 2 aromatic heterocycles. The summed E-state index contributed by atoms with van der Waals surface area (Å²) < 4.78 is 10.6. The number of aromatic nitrogens is 1. The normalized spacial score (nSPS) is 20.5. The smallest absolute Gasteiger partial charge is 0.255 e. The Hall–Kier alpha value is -2.87. The topological polar surface area (TPSA) is 96.7 Å². The first-order chi connectivity index (χ1) is 13.4. The lowest BCUT2D eigenvalue weighted by Crippen LogP contribution is -2.45. The highest BCUT2D eigenvalue weighted by atomic mass is 16.5. The fourth-order valence-electron chi connectivity index (χ4n) is 3.15. The molecule has 3 atom stereocenters. The summed E-state index contributed by atoms with van der Waals surface area (Å²) in [5.74, 6) is 0.283. The third-order valence-corrected chi connectivity index (χ3v) is 4.54. The van der Waals surface area contributed by atoms with E-state index in [9.17, 15) is 9.59 Å². The van der Waals surface area contributed by atoms with Gasteiger partial charge in [-0.15, -0.1) is 0 Å². The van der Waals surface area contributed by atoms with Crippen molar-refractivity contribution in [3.8, 4) is 0 Å². The Balaban J connectivity index is 1.49. The van der Waals surface area contributed by atoms with E-state index >= 15 is 0 Å². The molecule has 0 aliphatic carbocycles. The Kier molecular flexibility index (Phi) is 6.30. The van der Waals surface area contributed by atoms with E-state index < -0.39 is 6.04 Å². The van der Waals surface area contributed by atoms with Crippen molar-refractivity contribution in [2.75, 3.05) is 18.0 Å². The summed E-state index contributed by atoms with van der Waals surface area (Å²) >= 11 is 0. The van der Waals surface area contributed by atoms with E-state index in [1.54, 1.807) is 19.2 Å². The Morgan fingerprint density at radius 3 is 2.61 bits per heavy atom. The third-order valence-electron chi connectivity index (χ3n) is 4.54. The van der Waals surface area contributed by atoms with Gasteiger partial charge in [0.05, 0.1) is 24.0 Å². The van der Waals surface area contributed by atoms with Crippen molar-refractivity contribution < 1.29 is 18.7 Å². The van der Waals surface area contributed by atoms with Gasteiger partial charge >= 0.3 is 0 Å². The Morgan fingerprint density at radius 1 is 1.25 bits per heavy atom. The first kappa shape index (κ1) is 19.9. The molecule has 3 heterocycles. The third kappa shape index (κ3) is 5.10. The predicted molar refractivity (Wildman–Crippen MR) is 104 cm³/mol. The van der Waals surface area contributed by atoms with Crippen LogP contribution in [0.25, 0.3) is 0 Å². The second-order valence-corrected chi connectivity index (χ2v) is 7.11. The first-order valence-electron chi connectivity index (χ1n) is 9.38. The van der Waals surface area contributed by atoms with E-state index in [-0.39, 0.29) is 24.0 Å². The summed E-state index contributed by atoms with van der Waals surface area (Å²) in [6, 6.07) is 4.78. The quantitative estimate of drug-likeness (QED) is 0.785. The van der Waals surface area contributed by atoms with Gasteiger partial charge < -0.3 is 24.7 Å². The van der Waals surface area contributed by atoms with Crippen LogP contribution in [0.1, 0.15) is 36.7 Å². The number of ether oxygens (including phenoxy) is 1. The molecular formula is C20H26N4O4. The minimum Gasteiger partial charge on any atom is -0.472 e. The number of hydrogen-bond donors (Lipinski definition) is 2. The lowest BCUT2D eigenvalue weighted by Gasteiger charge is -2.36. The molecule has 8 heteroatoms. The van der Waals surface area contributed by atoms with Gasteiger partial charge in [-0.1, -0.05) is 6.07 Å². The largest absolute Gasteiger partial charge is 0.472 e. The molecule has 1 fully saturated rings. The van der Waals surface area contributed by atoms with Crippen LogP contribution >= 0.6 is 0 Å². The van der Waals surface area contributed by atoms with Gasteiger partial charge in [-0.05, 0) is 38.5 Å².